The summed E-state index contributed by atoms with van der Waals surface area (Å²) in [6, 6.07) is 2.22. The molecule has 154 valence electrons. The lowest BCUT2D eigenvalue weighted by atomic mass is 9.93. The Kier molecular flexibility index (Phi) is 8.16. The first-order valence-electron chi connectivity index (χ1n) is 9.67. The Balaban J connectivity index is 0.00000261. The minimum atomic E-state index is -3.33. The monoisotopic (exact) mass is 434 g/mol. The summed E-state index contributed by atoms with van der Waals surface area (Å²) in [7, 11) is -3.33. The SMILES string of the molecule is CCCCCS(=O)(=O)CC(=O)N(Cc1ccsc1)C1CC12CCNCC2.Cl. The Labute approximate surface area is 173 Å². The lowest BCUT2D eigenvalue weighted by molar-refractivity contribution is -0.130. The number of amides is 1. The molecule has 2 aliphatic rings. The molecule has 27 heavy (non-hydrogen) atoms. The summed E-state index contributed by atoms with van der Waals surface area (Å²) in [5.74, 6) is -0.433. The quantitative estimate of drug-likeness (QED) is 0.606. The van der Waals surface area contributed by atoms with E-state index in [1.165, 1.54) is 0 Å². The third kappa shape index (κ3) is 5.92. The number of carbonyl (C=O) groups is 1. The van der Waals surface area contributed by atoms with E-state index in [-0.39, 0.29) is 41.3 Å². The van der Waals surface area contributed by atoms with Gasteiger partial charge in [0.1, 0.15) is 5.75 Å². The molecule has 5 nitrogen and oxygen atoms in total. The maximum Gasteiger partial charge on any atom is 0.238 e. The number of hydrogen-bond donors (Lipinski definition) is 1. The van der Waals surface area contributed by atoms with Crippen molar-refractivity contribution >= 4 is 39.5 Å². The van der Waals surface area contributed by atoms with Gasteiger partial charge in [-0.2, -0.15) is 11.3 Å². The van der Waals surface area contributed by atoms with Crippen LogP contribution in [0.5, 0.6) is 0 Å². The molecule has 0 aromatic carbocycles. The van der Waals surface area contributed by atoms with Gasteiger partial charge in [-0.25, -0.2) is 8.42 Å². The van der Waals surface area contributed by atoms with Crippen LogP contribution in [0.15, 0.2) is 16.8 Å². The fraction of sp³-hybridized carbons (Fsp3) is 0.737. The van der Waals surface area contributed by atoms with Crippen molar-refractivity contribution in [2.45, 2.75) is 58.0 Å². The minimum Gasteiger partial charge on any atom is -0.334 e. The van der Waals surface area contributed by atoms with Crippen molar-refractivity contribution in [3.8, 4) is 0 Å². The minimum absolute atomic E-state index is 0. The standard InChI is InChI=1S/C19H30N2O3S2.ClH/c1-2-3-4-11-26(23,24)15-18(22)21(13-16-5-10-25-14-16)17-12-19(17)6-8-20-9-7-19;/h5,10,14,17,20H,2-4,6-9,11-13,15H2,1H3;1H. The number of halogens is 1. The first kappa shape index (κ1) is 22.7. The molecule has 1 N–H and O–H groups in total. The molecule has 1 spiro atoms. The van der Waals surface area contributed by atoms with Crippen molar-refractivity contribution in [2.75, 3.05) is 24.6 Å². The molecule has 1 unspecified atom stereocenters. The molecule has 1 aromatic heterocycles. The van der Waals surface area contributed by atoms with Crippen molar-refractivity contribution in [1.82, 2.24) is 10.2 Å². The Hall–Kier alpha value is -0.630. The fourth-order valence-electron chi connectivity index (χ4n) is 4.10. The van der Waals surface area contributed by atoms with Gasteiger partial charge in [-0.05, 0) is 66.6 Å². The first-order valence-corrected chi connectivity index (χ1v) is 12.4. The highest BCUT2D eigenvalue weighted by molar-refractivity contribution is 7.92. The van der Waals surface area contributed by atoms with Crippen LogP contribution in [0, 0.1) is 5.41 Å². The molecule has 3 rings (SSSR count). The summed E-state index contributed by atoms with van der Waals surface area (Å²) in [4.78, 5) is 14.8. The van der Waals surface area contributed by atoms with E-state index in [1.54, 1.807) is 11.3 Å². The number of nitrogens with zero attached hydrogens (tertiary/aromatic N) is 1. The zero-order chi connectivity index (χ0) is 18.6. The van der Waals surface area contributed by atoms with Gasteiger partial charge >= 0.3 is 0 Å². The van der Waals surface area contributed by atoms with Gasteiger partial charge in [0.05, 0.1) is 5.75 Å². The van der Waals surface area contributed by atoms with E-state index in [9.17, 15) is 13.2 Å². The number of piperidine rings is 1. The van der Waals surface area contributed by atoms with E-state index in [2.05, 4.69) is 5.32 Å². The van der Waals surface area contributed by atoms with Crippen molar-refractivity contribution in [2.24, 2.45) is 5.41 Å². The number of hydrogen-bond acceptors (Lipinski definition) is 5. The lowest BCUT2D eigenvalue weighted by Gasteiger charge is -2.29. The highest BCUT2D eigenvalue weighted by atomic mass is 35.5. The van der Waals surface area contributed by atoms with Crippen LogP contribution < -0.4 is 5.32 Å². The molecule has 1 aliphatic heterocycles. The molecular formula is C19H31ClN2O3S2. The topological polar surface area (TPSA) is 66.5 Å². The fourth-order valence-corrected chi connectivity index (χ4v) is 6.09. The largest absolute Gasteiger partial charge is 0.334 e. The van der Waals surface area contributed by atoms with E-state index >= 15 is 0 Å². The average Bonchev–Trinajstić information content (AvgIpc) is 3.04. The van der Waals surface area contributed by atoms with Crippen molar-refractivity contribution < 1.29 is 13.2 Å². The molecule has 2 heterocycles. The van der Waals surface area contributed by atoms with E-state index in [1.807, 2.05) is 28.7 Å². The maximum absolute atomic E-state index is 13.0. The lowest BCUT2D eigenvalue weighted by Crippen LogP contribution is -2.41. The van der Waals surface area contributed by atoms with E-state index in [0.717, 1.165) is 50.8 Å². The van der Waals surface area contributed by atoms with Crippen LogP contribution in [-0.2, 0) is 21.2 Å². The van der Waals surface area contributed by atoms with E-state index in [4.69, 9.17) is 0 Å². The second-order valence-electron chi connectivity index (χ2n) is 7.78. The zero-order valence-electron chi connectivity index (χ0n) is 16.0. The van der Waals surface area contributed by atoms with Gasteiger partial charge in [0, 0.05) is 12.6 Å². The second-order valence-corrected chi connectivity index (χ2v) is 10.7. The Morgan fingerprint density at radius 2 is 2.07 bits per heavy atom. The van der Waals surface area contributed by atoms with Gasteiger partial charge in [0.15, 0.2) is 9.84 Å². The molecule has 1 amide bonds. The van der Waals surface area contributed by atoms with Gasteiger partial charge in [0.2, 0.25) is 5.91 Å². The number of carbonyl (C=O) groups excluding carboxylic acids is 1. The van der Waals surface area contributed by atoms with E-state index < -0.39 is 9.84 Å². The predicted molar refractivity (Wildman–Crippen MR) is 113 cm³/mol. The second kappa shape index (κ2) is 9.72. The number of sulfone groups is 1. The smallest absolute Gasteiger partial charge is 0.238 e. The Morgan fingerprint density at radius 3 is 2.70 bits per heavy atom. The third-order valence-corrected chi connectivity index (χ3v) is 8.11. The van der Waals surface area contributed by atoms with Crippen LogP contribution in [0.1, 0.15) is 51.0 Å². The summed E-state index contributed by atoms with van der Waals surface area (Å²) in [6.45, 7) is 4.57. The number of rotatable bonds is 9. The maximum atomic E-state index is 13.0. The van der Waals surface area contributed by atoms with Crippen molar-refractivity contribution in [1.29, 1.82) is 0 Å². The number of nitrogens with one attached hydrogen (secondary N) is 1. The molecule has 1 aliphatic carbocycles. The summed E-state index contributed by atoms with van der Waals surface area (Å²) in [6.07, 6.45) is 5.69. The van der Waals surface area contributed by atoms with Crippen LogP contribution in [0.3, 0.4) is 0 Å². The van der Waals surface area contributed by atoms with Gasteiger partial charge < -0.3 is 10.2 Å². The highest BCUT2D eigenvalue weighted by Crippen LogP contribution is 2.56. The molecule has 0 radical (unpaired) electrons. The molecule has 1 saturated carbocycles. The van der Waals surface area contributed by atoms with Crippen molar-refractivity contribution in [3.05, 3.63) is 22.4 Å². The summed E-state index contributed by atoms with van der Waals surface area (Å²) >= 11 is 1.61. The van der Waals surface area contributed by atoms with Crippen LogP contribution >= 0.6 is 23.7 Å². The highest BCUT2D eigenvalue weighted by Gasteiger charge is 2.57. The summed E-state index contributed by atoms with van der Waals surface area (Å²) in [5, 5.41) is 7.44. The normalized spacial score (nSPS) is 20.9. The molecule has 1 atom stereocenters. The molecule has 1 saturated heterocycles. The summed E-state index contributed by atoms with van der Waals surface area (Å²) < 4.78 is 24.8. The van der Waals surface area contributed by atoms with Crippen molar-refractivity contribution in [3.63, 3.8) is 0 Å². The van der Waals surface area contributed by atoms with Gasteiger partial charge in [-0.3, -0.25) is 4.79 Å². The number of thiophene rings is 1. The molecule has 1 aromatic rings. The summed E-state index contributed by atoms with van der Waals surface area (Å²) in [5.41, 5.74) is 1.31. The molecular weight excluding hydrogens is 404 g/mol. The molecule has 8 heteroatoms. The average molecular weight is 435 g/mol. The van der Waals surface area contributed by atoms with Crippen LogP contribution in [0.2, 0.25) is 0 Å². The number of unbranched alkanes of at least 4 members (excludes halogenated alkanes) is 2. The van der Waals surface area contributed by atoms with Crippen LogP contribution in [0.4, 0.5) is 0 Å². The Morgan fingerprint density at radius 1 is 1.33 bits per heavy atom. The first-order chi connectivity index (χ1) is 12.5. The molecule has 2 fully saturated rings. The Bertz CT molecular complexity index is 701. The van der Waals surface area contributed by atoms with Crippen LogP contribution in [0.25, 0.3) is 0 Å². The van der Waals surface area contributed by atoms with Crippen LogP contribution in [-0.4, -0.2) is 49.9 Å². The van der Waals surface area contributed by atoms with Gasteiger partial charge in [0.25, 0.3) is 0 Å². The van der Waals surface area contributed by atoms with Gasteiger partial charge in [-0.15, -0.1) is 12.4 Å². The molecule has 0 bridgehead atoms. The van der Waals surface area contributed by atoms with E-state index in [0.29, 0.717) is 13.0 Å². The zero-order valence-corrected chi connectivity index (χ0v) is 18.4. The third-order valence-electron chi connectivity index (χ3n) is 5.78. The van der Waals surface area contributed by atoms with Gasteiger partial charge in [-0.1, -0.05) is 19.8 Å². The predicted octanol–water partition coefficient (Wildman–Crippen LogP) is 3.25.